The van der Waals surface area contributed by atoms with Crippen LogP contribution in [0.4, 0.5) is 0 Å². The average molecular weight is 277 g/mol. The molecule has 0 aliphatic carbocycles. The summed E-state index contributed by atoms with van der Waals surface area (Å²) in [5.74, 6) is 0. The molecule has 0 N–H and O–H groups in total. The van der Waals surface area contributed by atoms with Gasteiger partial charge in [-0.2, -0.15) is 16.6 Å². The fourth-order valence-electron chi connectivity index (χ4n) is 1.79. The van der Waals surface area contributed by atoms with E-state index in [-0.39, 0.29) is 0 Å². The quantitative estimate of drug-likeness (QED) is 0.847. The van der Waals surface area contributed by atoms with Crippen molar-refractivity contribution in [2.75, 3.05) is 7.05 Å². The number of rotatable bonds is 4. The third-order valence-corrected chi connectivity index (χ3v) is 3.74. The van der Waals surface area contributed by atoms with Crippen molar-refractivity contribution in [2.45, 2.75) is 13.1 Å². The molecule has 2 aromatic rings. The van der Waals surface area contributed by atoms with Gasteiger partial charge in [0.05, 0.1) is 11.6 Å². The smallest absolute Gasteiger partial charge is 0.0992 e. The molecule has 0 unspecified atom stereocenters. The Morgan fingerprint density at radius 1 is 1.33 bits per heavy atom. The van der Waals surface area contributed by atoms with Crippen LogP contribution in [0.2, 0.25) is 5.02 Å². The molecule has 0 saturated heterocycles. The number of hydrogen-bond acceptors (Lipinski definition) is 3. The summed E-state index contributed by atoms with van der Waals surface area (Å²) in [5.41, 5.74) is 2.96. The van der Waals surface area contributed by atoms with Crippen molar-refractivity contribution in [3.63, 3.8) is 0 Å². The summed E-state index contributed by atoms with van der Waals surface area (Å²) in [5, 5.41) is 13.7. The summed E-state index contributed by atoms with van der Waals surface area (Å²) in [6.45, 7) is 1.68. The molecule has 0 fully saturated rings. The van der Waals surface area contributed by atoms with Crippen LogP contribution < -0.4 is 0 Å². The van der Waals surface area contributed by atoms with E-state index < -0.39 is 0 Å². The van der Waals surface area contributed by atoms with Crippen molar-refractivity contribution in [1.29, 1.82) is 5.26 Å². The van der Waals surface area contributed by atoms with Gasteiger partial charge in [0.25, 0.3) is 0 Å². The van der Waals surface area contributed by atoms with E-state index in [4.69, 9.17) is 16.9 Å². The van der Waals surface area contributed by atoms with Gasteiger partial charge < -0.3 is 0 Å². The predicted octanol–water partition coefficient (Wildman–Crippen LogP) is 3.91. The van der Waals surface area contributed by atoms with Gasteiger partial charge in [0.2, 0.25) is 0 Å². The summed E-state index contributed by atoms with van der Waals surface area (Å²) in [6.07, 6.45) is 0. The van der Waals surface area contributed by atoms with Crippen molar-refractivity contribution >= 4 is 22.9 Å². The van der Waals surface area contributed by atoms with Crippen molar-refractivity contribution in [1.82, 2.24) is 4.90 Å². The molecule has 0 spiro atoms. The van der Waals surface area contributed by atoms with Crippen LogP contribution in [0.25, 0.3) is 0 Å². The Morgan fingerprint density at radius 2 is 2.17 bits per heavy atom. The molecular weight excluding hydrogens is 264 g/mol. The molecule has 92 valence electrons. The lowest BCUT2D eigenvalue weighted by Gasteiger charge is -2.16. The SMILES string of the molecule is CN(Cc1ccsc1)Cc1ccc(C#N)cc1Cl. The molecule has 1 aromatic heterocycles. The van der Waals surface area contributed by atoms with Crippen molar-refractivity contribution in [2.24, 2.45) is 0 Å². The third-order valence-electron chi connectivity index (χ3n) is 2.66. The van der Waals surface area contributed by atoms with Crippen LogP contribution in [0.1, 0.15) is 16.7 Å². The molecule has 0 atom stereocenters. The standard InChI is InChI=1S/C14H13ClN2S/c1-17(8-12-4-5-18-10-12)9-13-3-2-11(7-16)6-14(13)15/h2-6,10H,8-9H2,1H3. The topological polar surface area (TPSA) is 27.0 Å². The molecule has 2 nitrogen and oxygen atoms in total. The first-order valence-electron chi connectivity index (χ1n) is 5.57. The minimum Gasteiger partial charge on any atom is -0.298 e. The van der Waals surface area contributed by atoms with E-state index in [9.17, 15) is 0 Å². The third kappa shape index (κ3) is 3.33. The Kier molecular flexibility index (Phi) is 4.38. The summed E-state index contributed by atoms with van der Waals surface area (Å²) < 4.78 is 0. The maximum Gasteiger partial charge on any atom is 0.0992 e. The monoisotopic (exact) mass is 276 g/mol. The van der Waals surface area contributed by atoms with Crippen LogP contribution in [-0.4, -0.2) is 11.9 Å². The molecule has 0 radical (unpaired) electrons. The summed E-state index contributed by atoms with van der Waals surface area (Å²) in [7, 11) is 2.06. The first-order chi connectivity index (χ1) is 8.69. The normalized spacial score (nSPS) is 10.6. The predicted molar refractivity (Wildman–Crippen MR) is 75.7 cm³/mol. The average Bonchev–Trinajstić information content (AvgIpc) is 2.84. The molecule has 1 aromatic carbocycles. The van der Waals surface area contributed by atoms with Gasteiger partial charge in [-0.25, -0.2) is 0 Å². The Hall–Kier alpha value is -1.34. The largest absolute Gasteiger partial charge is 0.298 e. The van der Waals surface area contributed by atoms with E-state index in [1.165, 1.54) is 5.56 Å². The summed E-state index contributed by atoms with van der Waals surface area (Å²) >= 11 is 7.87. The summed E-state index contributed by atoms with van der Waals surface area (Å²) in [6, 6.07) is 9.66. The Balaban J connectivity index is 2.03. The van der Waals surface area contributed by atoms with E-state index in [0.29, 0.717) is 10.6 Å². The van der Waals surface area contributed by atoms with Crippen LogP contribution in [-0.2, 0) is 13.1 Å². The molecule has 1 heterocycles. The first-order valence-corrected chi connectivity index (χ1v) is 6.89. The van der Waals surface area contributed by atoms with Crippen LogP contribution in [0, 0.1) is 11.3 Å². The van der Waals surface area contributed by atoms with Gasteiger partial charge in [-0.05, 0) is 47.1 Å². The van der Waals surface area contributed by atoms with Crippen molar-refractivity contribution in [3.05, 3.63) is 56.7 Å². The summed E-state index contributed by atoms with van der Waals surface area (Å²) in [4.78, 5) is 2.20. The molecule has 0 aliphatic heterocycles. The second-order valence-electron chi connectivity index (χ2n) is 4.22. The van der Waals surface area contributed by atoms with E-state index in [1.807, 2.05) is 6.07 Å². The lowest BCUT2D eigenvalue weighted by molar-refractivity contribution is 0.319. The minimum absolute atomic E-state index is 0.601. The molecule has 18 heavy (non-hydrogen) atoms. The molecule has 0 bridgehead atoms. The number of halogens is 1. The fraction of sp³-hybridized carbons (Fsp3) is 0.214. The zero-order valence-corrected chi connectivity index (χ0v) is 11.6. The number of hydrogen-bond donors (Lipinski definition) is 0. The Morgan fingerprint density at radius 3 is 2.78 bits per heavy atom. The molecule has 4 heteroatoms. The van der Waals surface area contributed by atoms with Gasteiger partial charge in [-0.15, -0.1) is 0 Å². The van der Waals surface area contributed by atoms with Gasteiger partial charge in [-0.3, -0.25) is 4.90 Å². The van der Waals surface area contributed by atoms with Gasteiger partial charge in [-0.1, -0.05) is 17.7 Å². The molecule has 0 amide bonds. The number of nitriles is 1. The molecule has 0 saturated carbocycles. The second-order valence-corrected chi connectivity index (χ2v) is 5.41. The Labute approximate surface area is 116 Å². The van der Waals surface area contributed by atoms with Crippen molar-refractivity contribution < 1.29 is 0 Å². The maximum absolute atomic E-state index is 8.79. The van der Waals surface area contributed by atoms with Crippen LogP contribution in [0.3, 0.4) is 0 Å². The second kappa shape index (κ2) is 6.01. The fourth-order valence-corrected chi connectivity index (χ4v) is 2.69. The maximum atomic E-state index is 8.79. The van der Waals surface area contributed by atoms with E-state index in [0.717, 1.165) is 18.7 Å². The highest BCUT2D eigenvalue weighted by molar-refractivity contribution is 7.07. The van der Waals surface area contributed by atoms with E-state index in [2.05, 4.69) is 34.8 Å². The minimum atomic E-state index is 0.601. The molecule has 2 rings (SSSR count). The number of benzene rings is 1. The van der Waals surface area contributed by atoms with Gasteiger partial charge in [0.15, 0.2) is 0 Å². The molecule has 0 aliphatic rings. The Bertz CT molecular complexity index is 558. The highest BCUT2D eigenvalue weighted by Gasteiger charge is 2.06. The van der Waals surface area contributed by atoms with Gasteiger partial charge >= 0.3 is 0 Å². The van der Waals surface area contributed by atoms with Crippen LogP contribution in [0.5, 0.6) is 0 Å². The zero-order valence-electron chi connectivity index (χ0n) is 10.1. The lowest BCUT2D eigenvalue weighted by Crippen LogP contribution is -2.17. The number of thiophene rings is 1. The van der Waals surface area contributed by atoms with E-state index in [1.54, 1.807) is 23.5 Å². The van der Waals surface area contributed by atoms with Crippen molar-refractivity contribution in [3.8, 4) is 6.07 Å². The highest BCUT2D eigenvalue weighted by atomic mass is 35.5. The zero-order chi connectivity index (χ0) is 13.0. The lowest BCUT2D eigenvalue weighted by atomic mass is 10.1. The highest BCUT2D eigenvalue weighted by Crippen LogP contribution is 2.20. The first kappa shape index (κ1) is 13.1. The molecular formula is C14H13ClN2S. The van der Waals surface area contributed by atoms with Gasteiger partial charge in [0, 0.05) is 18.1 Å². The van der Waals surface area contributed by atoms with Crippen LogP contribution in [0.15, 0.2) is 35.0 Å². The van der Waals surface area contributed by atoms with Crippen LogP contribution >= 0.6 is 22.9 Å². The van der Waals surface area contributed by atoms with Gasteiger partial charge in [0.1, 0.15) is 0 Å². The van der Waals surface area contributed by atoms with E-state index >= 15 is 0 Å². The number of nitrogens with zero attached hydrogens (tertiary/aromatic N) is 2.